The highest BCUT2D eigenvalue weighted by Gasteiger charge is 2.39. The van der Waals surface area contributed by atoms with Gasteiger partial charge in [-0.05, 0) is 25.1 Å². The van der Waals surface area contributed by atoms with Crippen LogP contribution in [0.15, 0.2) is 0 Å². The molecule has 0 aromatic heterocycles. The summed E-state index contributed by atoms with van der Waals surface area (Å²) in [4.78, 5) is 2.21. The number of nitrogens with zero attached hydrogens (tertiary/aromatic N) is 1. The van der Waals surface area contributed by atoms with E-state index in [0.717, 1.165) is 0 Å². The van der Waals surface area contributed by atoms with E-state index in [1.807, 2.05) is 6.92 Å². The highest BCUT2D eigenvalue weighted by atomic mass is 32.2. The Kier molecular flexibility index (Phi) is 12.7. The Hall–Kier alpha value is -0.0731. The first kappa shape index (κ1) is 29.0. The molecule has 8 nitrogen and oxygen atoms in total. The van der Waals surface area contributed by atoms with Gasteiger partial charge >= 0.3 is 0 Å². The van der Waals surface area contributed by atoms with Gasteiger partial charge in [-0.15, -0.1) is 0 Å². The fraction of sp³-hybridized carbons (Fsp3) is 1.00. The Morgan fingerprint density at radius 3 is 1.97 bits per heavy atom. The first-order valence-electron chi connectivity index (χ1n) is 11.2. The summed E-state index contributed by atoms with van der Waals surface area (Å²) in [5.74, 6) is 0.394. The van der Waals surface area contributed by atoms with Crippen molar-refractivity contribution in [2.75, 3.05) is 78.0 Å². The summed E-state index contributed by atoms with van der Waals surface area (Å²) in [5, 5.41) is 0.117. The second-order valence-corrected chi connectivity index (χ2v) is 16.7. The van der Waals surface area contributed by atoms with Crippen LogP contribution in [0.4, 0.5) is 0 Å². The van der Waals surface area contributed by atoms with Crippen LogP contribution in [-0.4, -0.2) is 112 Å². The summed E-state index contributed by atoms with van der Waals surface area (Å²) >= 11 is 0. The van der Waals surface area contributed by atoms with Gasteiger partial charge in [0, 0.05) is 20.2 Å². The van der Waals surface area contributed by atoms with Gasteiger partial charge in [0.25, 0.3) is 0 Å². The molecule has 1 aliphatic rings. The molecule has 0 N–H and O–H groups in total. The second-order valence-electron chi connectivity index (χ2n) is 9.62. The van der Waals surface area contributed by atoms with Crippen molar-refractivity contribution in [2.45, 2.75) is 58.0 Å². The van der Waals surface area contributed by atoms with Gasteiger partial charge < -0.3 is 23.4 Å². The third kappa shape index (κ3) is 11.1. The summed E-state index contributed by atoms with van der Waals surface area (Å²) in [6.45, 7) is 17.9. The van der Waals surface area contributed by atoms with Crippen LogP contribution in [0.2, 0.25) is 18.1 Å². The molecule has 2 atom stereocenters. The quantitative estimate of drug-likeness (QED) is 0.259. The molecule has 0 spiro atoms. The fourth-order valence-corrected chi connectivity index (χ4v) is 5.22. The van der Waals surface area contributed by atoms with Gasteiger partial charge in [-0.25, -0.2) is 8.42 Å². The van der Waals surface area contributed by atoms with Gasteiger partial charge in [-0.2, -0.15) is 0 Å². The second kappa shape index (κ2) is 13.6. The van der Waals surface area contributed by atoms with Gasteiger partial charge in [-0.3, -0.25) is 4.90 Å². The molecule has 10 heteroatoms. The minimum Gasteiger partial charge on any atom is -0.415 e. The van der Waals surface area contributed by atoms with E-state index in [-0.39, 0.29) is 28.7 Å². The van der Waals surface area contributed by atoms with Gasteiger partial charge in [0.15, 0.2) is 18.2 Å². The molecule has 1 fully saturated rings. The monoisotopic (exact) mass is 483 g/mol. The molecule has 2 unspecified atom stereocenters. The van der Waals surface area contributed by atoms with Gasteiger partial charge in [0.05, 0.1) is 69.9 Å². The van der Waals surface area contributed by atoms with Crippen molar-refractivity contribution < 1.29 is 31.8 Å². The van der Waals surface area contributed by atoms with Crippen LogP contribution >= 0.6 is 0 Å². The normalized spacial score (nSPS) is 20.0. The average Bonchev–Trinajstić information content (AvgIpc) is 2.67. The molecule has 1 heterocycles. The maximum absolute atomic E-state index is 11.9. The van der Waals surface area contributed by atoms with Crippen molar-refractivity contribution in [1.29, 1.82) is 0 Å². The Labute approximate surface area is 190 Å². The van der Waals surface area contributed by atoms with E-state index in [9.17, 15) is 8.42 Å². The number of hydrogen-bond acceptors (Lipinski definition) is 8. The fourth-order valence-electron chi connectivity index (χ4n) is 2.97. The Bertz CT molecular complexity index is 581. The Morgan fingerprint density at radius 1 is 0.935 bits per heavy atom. The zero-order valence-corrected chi connectivity index (χ0v) is 22.5. The molecular weight excluding hydrogens is 438 g/mol. The average molecular weight is 484 g/mol. The predicted molar refractivity (Wildman–Crippen MR) is 126 cm³/mol. The molecule has 0 aromatic carbocycles. The third-order valence-electron chi connectivity index (χ3n) is 6.22. The topological polar surface area (TPSA) is 83.5 Å². The number of hydrogen-bond donors (Lipinski definition) is 0. The molecule has 0 aromatic rings. The lowest BCUT2D eigenvalue weighted by molar-refractivity contribution is -0.0473. The van der Waals surface area contributed by atoms with Crippen LogP contribution in [0.5, 0.6) is 0 Å². The largest absolute Gasteiger partial charge is 0.415 e. The molecule has 0 aliphatic carbocycles. The van der Waals surface area contributed by atoms with E-state index in [1.165, 1.54) is 0 Å². The van der Waals surface area contributed by atoms with Crippen molar-refractivity contribution >= 4 is 18.2 Å². The van der Waals surface area contributed by atoms with E-state index in [1.54, 1.807) is 7.11 Å². The Balaban J connectivity index is 2.53. The van der Waals surface area contributed by atoms with Crippen LogP contribution in [0.25, 0.3) is 0 Å². The van der Waals surface area contributed by atoms with Crippen LogP contribution in [0, 0.1) is 0 Å². The van der Waals surface area contributed by atoms with Crippen LogP contribution in [0.1, 0.15) is 27.7 Å². The maximum atomic E-state index is 11.9. The van der Waals surface area contributed by atoms with Gasteiger partial charge in [0.2, 0.25) is 0 Å². The van der Waals surface area contributed by atoms with E-state index < -0.39 is 18.2 Å². The molecule has 0 saturated carbocycles. The van der Waals surface area contributed by atoms with Crippen molar-refractivity contribution in [3.8, 4) is 0 Å². The smallest absolute Gasteiger partial charge is 0.192 e. The molecule has 1 aliphatic heterocycles. The zero-order chi connectivity index (χ0) is 23.5. The van der Waals surface area contributed by atoms with E-state index in [2.05, 4.69) is 38.8 Å². The van der Waals surface area contributed by atoms with Crippen molar-refractivity contribution in [1.82, 2.24) is 4.90 Å². The molecule has 0 amide bonds. The van der Waals surface area contributed by atoms with E-state index in [0.29, 0.717) is 59.3 Å². The van der Waals surface area contributed by atoms with E-state index >= 15 is 0 Å². The maximum Gasteiger partial charge on any atom is 0.192 e. The summed E-state index contributed by atoms with van der Waals surface area (Å²) in [7, 11) is -3.20. The van der Waals surface area contributed by atoms with Crippen LogP contribution < -0.4 is 0 Å². The van der Waals surface area contributed by atoms with Gasteiger partial charge in [-0.1, -0.05) is 20.8 Å². The molecule has 186 valence electrons. The number of ether oxygens (including phenoxy) is 4. The Morgan fingerprint density at radius 2 is 1.45 bits per heavy atom. The highest BCUT2D eigenvalue weighted by molar-refractivity contribution is 7.91. The number of rotatable bonds is 15. The minimum atomic E-state index is -2.93. The van der Waals surface area contributed by atoms with Gasteiger partial charge in [0.1, 0.15) is 0 Å². The first-order valence-corrected chi connectivity index (χ1v) is 16.0. The summed E-state index contributed by atoms with van der Waals surface area (Å²) in [6.07, 6.45) is -0.0906. The lowest BCUT2D eigenvalue weighted by atomic mass is 10.1. The zero-order valence-electron chi connectivity index (χ0n) is 20.6. The lowest BCUT2D eigenvalue weighted by Crippen LogP contribution is -2.54. The first-order chi connectivity index (χ1) is 14.4. The summed E-state index contributed by atoms with van der Waals surface area (Å²) in [6, 6.07) is 0.0157. The SMILES string of the molecule is COCCOCCOCCOC(C)C(CO[Si](C)(C)C(C)(C)C)N1CCS(=O)(=O)CC1. The third-order valence-corrected chi connectivity index (χ3v) is 12.3. The molecule has 31 heavy (non-hydrogen) atoms. The molecular formula is C21H45NO7SSi. The van der Waals surface area contributed by atoms with Crippen molar-refractivity contribution in [2.24, 2.45) is 0 Å². The number of methoxy groups -OCH3 is 1. The van der Waals surface area contributed by atoms with Crippen molar-refractivity contribution in [3.05, 3.63) is 0 Å². The minimum absolute atomic E-state index is 0.0157. The molecule has 1 rings (SSSR count). The lowest BCUT2D eigenvalue weighted by Gasteiger charge is -2.42. The molecule has 1 saturated heterocycles. The van der Waals surface area contributed by atoms with E-state index in [4.69, 9.17) is 23.4 Å². The molecule has 0 radical (unpaired) electrons. The standard InChI is InChI=1S/C21H45NO7SSi/c1-19(28-15-14-27-13-12-26-11-10-25-5)20(18-29-31(6,7)21(2,3)4)22-8-16-30(23,24)17-9-22/h19-20H,8-18H2,1-7H3. The highest BCUT2D eigenvalue weighted by Crippen LogP contribution is 2.36. The summed E-state index contributed by atoms with van der Waals surface area (Å²) < 4.78 is 52.2. The predicted octanol–water partition coefficient (Wildman–Crippen LogP) is 2.19. The summed E-state index contributed by atoms with van der Waals surface area (Å²) in [5.41, 5.74) is 0. The van der Waals surface area contributed by atoms with Crippen LogP contribution in [0.3, 0.4) is 0 Å². The van der Waals surface area contributed by atoms with Crippen LogP contribution in [-0.2, 0) is 33.2 Å². The number of sulfone groups is 1. The molecule has 0 bridgehead atoms. The van der Waals surface area contributed by atoms with Crippen molar-refractivity contribution in [3.63, 3.8) is 0 Å².